The van der Waals surface area contributed by atoms with Gasteiger partial charge in [0.25, 0.3) is 10.2 Å². The molecular weight excluding hydrogens is 264 g/mol. The van der Waals surface area contributed by atoms with Gasteiger partial charge in [0.15, 0.2) is 0 Å². The van der Waals surface area contributed by atoms with Crippen molar-refractivity contribution in [2.75, 3.05) is 26.2 Å². The molecule has 0 aromatic heterocycles. The van der Waals surface area contributed by atoms with Crippen molar-refractivity contribution in [3.8, 4) is 0 Å². The summed E-state index contributed by atoms with van der Waals surface area (Å²) in [4.78, 5) is 0. The first kappa shape index (κ1) is 13.8. The molecule has 2 saturated heterocycles. The molecule has 0 bridgehead atoms. The van der Waals surface area contributed by atoms with Crippen LogP contribution in [0.3, 0.4) is 0 Å². The summed E-state index contributed by atoms with van der Waals surface area (Å²) in [6.07, 6.45) is 3.18. The zero-order chi connectivity index (χ0) is 13.8. The third kappa shape index (κ3) is 2.44. The van der Waals surface area contributed by atoms with E-state index in [0.717, 1.165) is 19.3 Å². The lowest BCUT2D eigenvalue weighted by Crippen LogP contribution is -2.67. The van der Waals surface area contributed by atoms with E-state index in [0.29, 0.717) is 43.9 Å². The van der Waals surface area contributed by atoms with Gasteiger partial charge in [0.1, 0.15) is 0 Å². The molecule has 19 heavy (non-hydrogen) atoms. The zero-order valence-corrected chi connectivity index (χ0v) is 12.6. The van der Waals surface area contributed by atoms with Crippen LogP contribution in [-0.4, -0.2) is 53.9 Å². The van der Waals surface area contributed by atoms with E-state index in [4.69, 9.17) is 0 Å². The average molecular weight is 288 g/mol. The van der Waals surface area contributed by atoms with Crippen LogP contribution in [0.15, 0.2) is 0 Å². The number of β-amino-alcohol motifs (C(OH)–C–C–N with tert-alkyl or cyclic N) is 1. The van der Waals surface area contributed by atoms with Crippen LogP contribution in [0, 0.1) is 17.8 Å². The van der Waals surface area contributed by atoms with Gasteiger partial charge in [-0.05, 0) is 37.0 Å². The summed E-state index contributed by atoms with van der Waals surface area (Å²) in [7, 11) is -3.36. The van der Waals surface area contributed by atoms with Gasteiger partial charge in [-0.15, -0.1) is 0 Å². The molecule has 2 aliphatic heterocycles. The second-order valence-electron chi connectivity index (χ2n) is 6.92. The minimum Gasteiger partial charge on any atom is -0.387 e. The van der Waals surface area contributed by atoms with Crippen LogP contribution in [0.4, 0.5) is 0 Å². The number of piperidine rings is 1. The molecule has 3 fully saturated rings. The fraction of sp³-hybridized carbons (Fsp3) is 1.00. The Kier molecular flexibility index (Phi) is 3.20. The Morgan fingerprint density at radius 2 is 1.58 bits per heavy atom. The minimum atomic E-state index is -3.36. The molecule has 0 aromatic rings. The molecule has 1 N–H and O–H groups in total. The summed E-state index contributed by atoms with van der Waals surface area (Å²) in [5.41, 5.74) is -0.736. The van der Waals surface area contributed by atoms with E-state index in [1.54, 1.807) is 4.31 Å². The van der Waals surface area contributed by atoms with E-state index in [-0.39, 0.29) is 0 Å². The van der Waals surface area contributed by atoms with E-state index < -0.39 is 15.8 Å². The van der Waals surface area contributed by atoms with Crippen molar-refractivity contribution in [1.29, 1.82) is 0 Å². The van der Waals surface area contributed by atoms with Crippen LogP contribution in [0.5, 0.6) is 0 Å². The molecule has 0 spiro atoms. The Bertz CT molecular complexity index is 445. The maximum atomic E-state index is 12.5. The number of aliphatic hydroxyl groups is 1. The molecular formula is C13H24N2O3S. The van der Waals surface area contributed by atoms with Gasteiger partial charge < -0.3 is 5.11 Å². The minimum absolute atomic E-state index is 0.291. The Balaban J connectivity index is 1.66. The van der Waals surface area contributed by atoms with Crippen LogP contribution < -0.4 is 0 Å². The van der Waals surface area contributed by atoms with Gasteiger partial charge in [-0.1, -0.05) is 13.8 Å². The highest BCUT2D eigenvalue weighted by atomic mass is 32.2. The van der Waals surface area contributed by atoms with E-state index in [1.807, 2.05) is 0 Å². The van der Waals surface area contributed by atoms with Crippen LogP contribution in [0.25, 0.3) is 0 Å². The zero-order valence-electron chi connectivity index (χ0n) is 11.7. The smallest absolute Gasteiger partial charge is 0.282 e. The predicted molar refractivity (Wildman–Crippen MR) is 72.7 cm³/mol. The SMILES string of the molecule is CC1CC(C)CN(S(=O)(=O)N2CC(O)(C3CC3)C2)C1. The van der Waals surface area contributed by atoms with Crippen molar-refractivity contribution >= 4 is 10.2 Å². The Labute approximate surface area is 115 Å². The topological polar surface area (TPSA) is 60.9 Å². The Hall–Kier alpha value is -0.170. The maximum Gasteiger partial charge on any atom is 0.282 e. The van der Waals surface area contributed by atoms with Crippen LogP contribution in [-0.2, 0) is 10.2 Å². The lowest BCUT2D eigenvalue weighted by Gasteiger charge is -2.48. The molecule has 2 atom stereocenters. The molecule has 3 aliphatic rings. The van der Waals surface area contributed by atoms with Crippen molar-refractivity contribution in [2.24, 2.45) is 17.8 Å². The molecule has 2 heterocycles. The van der Waals surface area contributed by atoms with Crippen molar-refractivity contribution in [3.63, 3.8) is 0 Å². The molecule has 2 unspecified atom stereocenters. The summed E-state index contributed by atoms with van der Waals surface area (Å²) in [6.45, 7) is 6.03. The standard InChI is InChI=1S/C13H24N2O3S/c1-10-5-11(2)7-14(6-10)19(17,18)15-8-13(16,9-15)12-3-4-12/h10-12,16H,3-9H2,1-2H3. The van der Waals surface area contributed by atoms with E-state index in [2.05, 4.69) is 13.8 Å². The number of hydrogen-bond donors (Lipinski definition) is 1. The molecule has 0 amide bonds. The van der Waals surface area contributed by atoms with Crippen LogP contribution >= 0.6 is 0 Å². The predicted octanol–water partition coefficient (Wildman–Crippen LogP) is 0.666. The van der Waals surface area contributed by atoms with Gasteiger partial charge in [0, 0.05) is 26.2 Å². The van der Waals surface area contributed by atoms with Crippen molar-refractivity contribution < 1.29 is 13.5 Å². The lowest BCUT2D eigenvalue weighted by molar-refractivity contribution is -0.0789. The van der Waals surface area contributed by atoms with E-state index in [9.17, 15) is 13.5 Å². The fourth-order valence-corrected chi connectivity index (χ4v) is 5.55. The van der Waals surface area contributed by atoms with Crippen molar-refractivity contribution in [1.82, 2.24) is 8.61 Å². The Morgan fingerprint density at radius 1 is 1.05 bits per heavy atom. The van der Waals surface area contributed by atoms with Gasteiger partial charge in [0.05, 0.1) is 5.60 Å². The van der Waals surface area contributed by atoms with Crippen molar-refractivity contribution in [2.45, 2.75) is 38.7 Å². The third-order valence-corrected chi connectivity index (χ3v) is 6.59. The molecule has 5 nitrogen and oxygen atoms in total. The van der Waals surface area contributed by atoms with Gasteiger partial charge in [-0.2, -0.15) is 17.0 Å². The summed E-state index contributed by atoms with van der Waals surface area (Å²) in [6, 6.07) is 0. The highest BCUT2D eigenvalue weighted by Gasteiger charge is 2.56. The summed E-state index contributed by atoms with van der Waals surface area (Å²) < 4.78 is 28.1. The van der Waals surface area contributed by atoms with E-state index >= 15 is 0 Å². The second kappa shape index (κ2) is 4.41. The fourth-order valence-electron chi connectivity index (χ4n) is 3.56. The largest absolute Gasteiger partial charge is 0.387 e. The first-order valence-corrected chi connectivity index (χ1v) is 8.68. The van der Waals surface area contributed by atoms with Gasteiger partial charge in [-0.25, -0.2) is 0 Å². The molecule has 0 radical (unpaired) electrons. The molecule has 6 heteroatoms. The summed E-state index contributed by atoms with van der Waals surface area (Å²) >= 11 is 0. The second-order valence-corrected chi connectivity index (χ2v) is 8.85. The summed E-state index contributed by atoms with van der Waals surface area (Å²) in [5, 5.41) is 10.3. The van der Waals surface area contributed by atoms with Gasteiger partial charge in [-0.3, -0.25) is 0 Å². The van der Waals surface area contributed by atoms with E-state index in [1.165, 1.54) is 4.31 Å². The van der Waals surface area contributed by atoms with Crippen LogP contribution in [0.1, 0.15) is 33.1 Å². The van der Waals surface area contributed by atoms with Crippen LogP contribution in [0.2, 0.25) is 0 Å². The van der Waals surface area contributed by atoms with Gasteiger partial charge in [0.2, 0.25) is 0 Å². The Morgan fingerprint density at radius 3 is 2.05 bits per heavy atom. The monoisotopic (exact) mass is 288 g/mol. The number of rotatable bonds is 3. The molecule has 0 aromatic carbocycles. The molecule has 3 rings (SSSR count). The lowest BCUT2D eigenvalue weighted by atomic mass is 9.91. The number of hydrogen-bond acceptors (Lipinski definition) is 3. The maximum absolute atomic E-state index is 12.5. The normalized spacial score (nSPS) is 37.0. The highest BCUT2D eigenvalue weighted by molar-refractivity contribution is 7.86. The van der Waals surface area contributed by atoms with Gasteiger partial charge >= 0.3 is 0 Å². The quantitative estimate of drug-likeness (QED) is 0.830. The molecule has 1 aliphatic carbocycles. The first-order valence-electron chi connectivity index (χ1n) is 7.29. The summed E-state index contributed by atoms with van der Waals surface area (Å²) in [5.74, 6) is 1.17. The average Bonchev–Trinajstić information content (AvgIpc) is 3.07. The molecule has 110 valence electrons. The van der Waals surface area contributed by atoms with Crippen molar-refractivity contribution in [3.05, 3.63) is 0 Å². The molecule has 1 saturated carbocycles. The number of nitrogens with zero attached hydrogens (tertiary/aromatic N) is 2. The third-order valence-electron chi connectivity index (χ3n) is 4.73. The first-order chi connectivity index (χ1) is 8.81. The highest BCUT2D eigenvalue weighted by Crippen LogP contribution is 2.45.